The highest BCUT2D eigenvalue weighted by Gasteiger charge is 2.29. The van der Waals surface area contributed by atoms with Crippen LogP contribution >= 0.6 is 0 Å². The van der Waals surface area contributed by atoms with Crippen LogP contribution in [-0.4, -0.2) is 21.7 Å². The number of carboxylic acids is 1. The van der Waals surface area contributed by atoms with Crippen LogP contribution in [0.3, 0.4) is 0 Å². The first kappa shape index (κ1) is 14.1. The molecule has 3 rings (SSSR count). The molecule has 112 valence electrons. The molecule has 0 saturated heterocycles. The fourth-order valence-electron chi connectivity index (χ4n) is 3.55. The maximum Gasteiger partial charge on any atom is 0.321 e. The highest BCUT2D eigenvalue weighted by Crippen LogP contribution is 2.34. The third-order valence-corrected chi connectivity index (χ3v) is 4.66. The molecule has 0 fully saturated rings. The summed E-state index contributed by atoms with van der Waals surface area (Å²) >= 11 is 0. The maximum atomic E-state index is 11.3. The molecule has 0 aliphatic carbocycles. The number of rotatable bonds is 4. The molecule has 21 heavy (non-hydrogen) atoms. The van der Waals surface area contributed by atoms with Gasteiger partial charge in [0.25, 0.3) is 0 Å². The minimum Gasteiger partial charge on any atom is -0.480 e. The number of benzene rings is 1. The Kier molecular flexibility index (Phi) is 3.72. The Morgan fingerprint density at radius 2 is 2.10 bits per heavy atom. The highest BCUT2D eigenvalue weighted by atomic mass is 16.4. The largest absolute Gasteiger partial charge is 0.480 e. The fourth-order valence-corrected chi connectivity index (χ4v) is 3.55. The van der Waals surface area contributed by atoms with Gasteiger partial charge in [0.1, 0.15) is 6.04 Å². The third-order valence-electron chi connectivity index (χ3n) is 4.66. The average Bonchev–Trinajstić information content (AvgIpc) is 2.83. The normalized spacial score (nSPS) is 18.1. The smallest absolute Gasteiger partial charge is 0.321 e. The van der Waals surface area contributed by atoms with Crippen LogP contribution in [-0.2, 0) is 17.8 Å². The molecule has 0 radical (unpaired) electrons. The molecule has 0 bridgehead atoms. The molecule has 2 N–H and O–H groups in total. The molecule has 1 aromatic heterocycles. The molecule has 1 atom stereocenters. The van der Waals surface area contributed by atoms with Crippen LogP contribution in [0.2, 0.25) is 0 Å². The standard InChI is InChI=1S/C17H22N2O2/c1-3-11(4-2)19-15-8-6-5-7-12(15)13-9-14(17(20)21)18-10-16(13)19/h5-8,11,14,18H,3-4,9-10H2,1-2H3,(H,20,21). The van der Waals surface area contributed by atoms with E-state index in [0.717, 1.165) is 12.8 Å². The molecular formula is C17H22N2O2. The fraction of sp³-hybridized carbons (Fsp3) is 0.471. The molecular weight excluding hydrogens is 264 g/mol. The van der Waals surface area contributed by atoms with E-state index >= 15 is 0 Å². The van der Waals surface area contributed by atoms with Crippen LogP contribution in [0.4, 0.5) is 0 Å². The van der Waals surface area contributed by atoms with Crippen LogP contribution < -0.4 is 5.32 Å². The summed E-state index contributed by atoms with van der Waals surface area (Å²) in [7, 11) is 0. The molecule has 1 aliphatic rings. The summed E-state index contributed by atoms with van der Waals surface area (Å²) in [6.45, 7) is 5.06. The zero-order valence-corrected chi connectivity index (χ0v) is 12.6. The molecule has 1 unspecified atom stereocenters. The van der Waals surface area contributed by atoms with Gasteiger partial charge in [0.15, 0.2) is 0 Å². The van der Waals surface area contributed by atoms with Crippen molar-refractivity contribution in [1.82, 2.24) is 9.88 Å². The van der Waals surface area contributed by atoms with E-state index in [-0.39, 0.29) is 0 Å². The van der Waals surface area contributed by atoms with Crippen LogP contribution in [0.25, 0.3) is 10.9 Å². The van der Waals surface area contributed by atoms with Gasteiger partial charge < -0.3 is 9.67 Å². The second-order valence-corrected chi connectivity index (χ2v) is 5.76. The number of aliphatic carboxylic acids is 1. The van der Waals surface area contributed by atoms with Crippen LogP contribution in [0, 0.1) is 0 Å². The van der Waals surface area contributed by atoms with Gasteiger partial charge in [-0.05, 0) is 24.5 Å². The molecule has 0 spiro atoms. The summed E-state index contributed by atoms with van der Waals surface area (Å²) in [4.78, 5) is 11.3. The molecule has 4 heteroatoms. The third kappa shape index (κ3) is 2.23. The predicted octanol–water partition coefficient (Wildman–Crippen LogP) is 3.10. The number of carbonyl (C=O) groups is 1. The van der Waals surface area contributed by atoms with Crippen LogP contribution in [0.1, 0.15) is 44.0 Å². The van der Waals surface area contributed by atoms with Crippen molar-refractivity contribution in [2.24, 2.45) is 0 Å². The number of hydrogen-bond donors (Lipinski definition) is 2. The Hall–Kier alpha value is -1.81. The minimum absolute atomic E-state index is 0.474. The lowest BCUT2D eigenvalue weighted by atomic mass is 9.98. The van der Waals surface area contributed by atoms with E-state index in [1.54, 1.807) is 0 Å². The van der Waals surface area contributed by atoms with Gasteiger partial charge in [-0.2, -0.15) is 0 Å². The maximum absolute atomic E-state index is 11.3. The van der Waals surface area contributed by atoms with Gasteiger partial charge in [0.05, 0.1) is 0 Å². The van der Waals surface area contributed by atoms with Crippen molar-refractivity contribution in [2.45, 2.75) is 51.7 Å². The monoisotopic (exact) mass is 286 g/mol. The number of aromatic nitrogens is 1. The van der Waals surface area contributed by atoms with E-state index in [1.807, 2.05) is 6.07 Å². The van der Waals surface area contributed by atoms with E-state index in [9.17, 15) is 9.90 Å². The van der Waals surface area contributed by atoms with E-state index in [0.29, 0.717) is 19.0 Å². The van der Waals surface area contributed by atoms with Gasteiger partial charge >= 0.3 is 5.97 Å². The second-order valence-electron chi connectivity index (χ2n) is 5.76. The molecule has 0 saturated carbocycles. The van der Waals surface area contributed by atoms with E-state index in [2.05, 4.69) is 41.9 Å². The molecule has 1 aliphatic heterocycles. The first-order valence-electron chi connectivity index (χ1n) is 7.74. The van der Waals surface area contributed by atoms with Crippen molar-refractivity contribution in [3.05, 3.63) is 35.5 Å². The number of para-hydroxylation sites is 1. The van der Waals surface area contributed by atoms with Gasteiger partial charge in [-0.15, -0.1) is 0 Å². The lowest BCUT2D eigenvalue weighted by molar-refractivity contribution is -0.139. The number of fused-ring (bicyclic) bond motifs is 3. The summed E-state index contributed by atoms with van der Waals surface area (Å²) in [5.74, 6) is -0.764. The Bertz CT molecular complexity index is 671. The van der Waals surface area contributed by atoms with E-state index < -0.39 is 12.0 Å². The van der Waals surface area contributed by atoms with Crippen molar-refractivity contribution >= 4 is 16.9 Å². The molecule has 2 aromatic rings. The van der Waals surface area contributed by atoms with Gasteiger partial charge in [0, 0.05) is 35.6 Å². The number of nitrogens with zero attached hydrogens (tertiary/aromatic N) is 1. The summed E-state index contributed by atoms with van der Waals surface area (Å²) in [5.41, 5.74) is 3.72. The van der Waals surface area contributed by atoms with Gasteiger partial charge in [-0.1, -0.05) is 32.0 Å². The predicted molar refractivity (Wildman–Crippen MR) is 83.5 cm³/mol. The first-order valence-corrected chi connectivity index (χ1v) is 7.74. The van der Waals surface area contributed by atoms with Crippen LogP contribution in [0.5, 0.6) is 0 Å². The van der Waals surface area contributed by atoms with Crippen molar-refractivity contribution in [3.63, 3.8) is 0 Å². The number of nitrogens with one attached hydrogen (secondary N) is 1. The molecule has 1 aromatic carbocycles. The number of carboxylic acid groups (broad SMARTS) is 1. The topological polar surface area (TPSA) is 54.3 Å². The lowest BCUT2D eigenvalue weighted by Gasteiger charge is -2.26. The zero-order valence-electron chi connectivity index (χ0n) is 12.6. The van der Waals surface area contributed by atoms with Gasteiger partial charge in [-0.3, -0.25) is 10.1 Å². The Morgan fingerprint density at radius 1 is 1.38 bits per heavy atom. The zero-order chi connectivity index (χ0) is 15.0. The quantitative estimate of drug-likeness (QED) is 0.908. The Morgan fingerprint density at radius 3 is 2.76 bits per heavy atom. The van der Waals surface area contributed by atoms with Crippen molar-refractivity contribution in [3.8, 4) is 0 Å². The Balaban J connectivity index is 2.19. The van der Waals surface area contributed by atoms with Crippen molar-refractivity contribution in [2.75, 3.05) is 0 Å². The highest BCUT2D eigenvalue weighted by molar-refractivity contribution is 5.87. The van der Waals surface area contributed by atoms with Gasteiger partial charge in [-0.25, -0.2) is 0 Å². The summed E-state index contributed by atoms with van der Waals surface area (Å²) in [6.07, 6.45) is 2.74. The molecule has 4 nitrogen and oxygen atoms in total. The summed E-state index contributed by atoms with van der Waals surface area (Å²) in [6, 6.07) is 8.38. The van der Waals surface area contributed by atoms with E-state index in [4.69, 9.17) is 0 Å². The molecule has 2 heterocycles. The lowest BCUT2D eigenvalue weighted by Crippen LogP contribution is -2.42. The first-order chi connectivity index (χ1) is 10.2. The average molecular weight is 286 g/mol. The Labute approximate surface area is 124 Å². The van der Waals surface area contributed by atoms with Gasteiger partial charge in [0.2, 0.25) is 0 Å². The SMILES string of the molecule is CCC(CC)n1c2c(c3ccccc31)CC(C(=O)O)NC2. The molecule has 0 amide bonds. The van der Waals surface area contributed by atoms with E-state index in [1.165, 1.54) is 22.2 Å². The number of hydrogen-bond acceptors (Lipinski definition) is 2. The minimum atomic E-state index is -0.764. The van der Waals surface area contributed by atoms with Crippen molar-refractivity contribution < 1.29 is 9.90 Å². The summed E-state index contributed by atoms with van der Waals surface area (Å²) in [5, 5.41) is 13.6. The van der Waals surface area contributed by atoms with Crippen molar-refractivity contribution in [1.29, 1.82) is 0 Å². The second kappa shape index (κ2) is 5.53. The summed E-state index contributed by atoms with van der Waals surface area (Å²) < 4.78 is 2.43. The van der Waals surface area contributed by atoms with Crippen LogP contribution in [0.15, 0.2) is 24.3 Å².